The smallest absolute Gasteiger partial charge is 0.246 e. The Kier molecular flexibility index (Phi) is 8.19. The lowest BCUT2D eigenvalue weighted by atomic mass is 10.1. The molecule has 7 heteroatoms. The van der Waals surface area contributed by atoms with E-state index in [1.807, 2.05) is 49.4 Å². The highest BCUT2D eigenvalue weighted by atomic mass is 16.2. The molecule has 4 rings (SSSR count). The van der Waals surface area contributed by atoms with Gasteiger partial charge in [-0.25, -0.2) is 0 Å². The fourth-order valence-corrected chi connectivity index (χ4v) is 4.62. The predicted octanol–water partition coefficient (Wildman–Crippen LogP) is 4.35. The topological polar surface area (TPSA) is 81.8 Å². The third-order valence-corrected chi connectivity index (χ3v) is 6.50. The second-order valence-electron chi connectivity index (χ2n) is 9.16. The lowest BCUT2D eigenvalue weighted by Gasteiger charge is -2.20. The summed E-state index contributed by atoms with van der Waals surface area (Å²) in [6.45, 7) is 4.82. The van der Waals surface area contributed by atoms with E-state index in [4.69, 9.17) is 0 Å². The van der Waals surface area contributed by atoms with Gasteiger partial charge in [-0.3, -0.25) is 14.4 Å². The van der Waals surface area contributed by atoms with Crippen molar-refractivity contribution in [3.8, 4) is 0 Å². The molecule has 7 nitrogen and oxygen atoms in total. The van der Waals surface area contributed by atoms with Gasteiger partial charge in [0.25, 0.3) is 0 Å². The SMILES string of the molecule is CCCC(NC(=O)C=Cc1ccc(N2CCCC2=O)cc1)C(=O)Nc1cccc(N2CCCC2)c1. The van der Waals surface area contributed by atoms with Gasteiger partial charge in [0.05, 0.1) is 0 Å². The largest absolute Gasteiger partial charge is 0.371 e. The summed E-state index contributed by atoms with van der Waals surface area (Å²) in [5, 5.41) is 5.81. The van der Waals surface area contributed by atoms with E-state index < -0.39 is 6.04 Å². The third-order valence-electron chi connectivity index (χ3n) is 6.50. The van der Waals surface area contributed by atoms with Crippen molar-refractivity contribution >= 4 is 40.9 Å². The average Bonchev–Trinajstić information content (AvgIpc) is 3.55. The molecule has 2 N–H and O–H groups in total. The second-order valence-corrected chi connectivity index (χ2v) is 9.16. The Morgan fingerprint density at radius 2 is 1.77 bits per heavy atom. The molecule has 0 aromatic heterocycles. The Hall–Kier alpha value is -3.61. The number of anilines is 3. The molecule has 1 unspecified atom stereocenters. The zero-order valence-corrected chi connectivity index (χ0v) is 20.3. The zero-order chi connectivity index (χ0) is 24.6. The Bertz CT molecular complexity index is 1070. The molecule has 0 saturated carbocycles. The second kappa shape index (κ2) is 11.7. The van der Waals surface area contributed by atoms with Gasteiger partial charge in [-0.05, 0) is 67.7 Å². The molecular weight excluding hydrogens is 440 g/mol. The Balaban J connectivity index is 1.33. The lowest BCUT2D eigenvalue weighted by Crippen LogP contribution is -2.43. The Morgan fingerprint density at radius 1 is 1.00 bits per heavy atom. The molecule has 2 aliphatic heterocycles. The maximum absolute atomic E-state index is 12.9. The minimum Gasteiger partial charge on any atom is -0.371 e. The molecule has 0 radical (unpaired) electrons. The van der Waals surface area contributed by atoms with Crippen LogP contribution in [0.25, 0.3) is 6.08 Å². The van der Waals surface area contributed by atoms with Crippen molar-refractivity contribution in [2.75, 3.05) is 34.8 Å². The number of hydrogen-bond donors (Lipinski definition) is 2. The predicted molar refractivity (Wildman–Crippen MR) is 140 cm³/mol. The molecular formula is C28H34N4O3. The van der Waals surface area contributed by atoms with E-state index in [0.29, 0.717) is 12.8 Å². The van der Waals surface area contributed by atoms with E-state index in [9.17, 15) is 14.4 Å². The van der Waals surface area contributed by atoms with Gasteiger partial charge in [0.1, 0.15) is 6.04 Å². The van der Waals surface area contributed by atoms with Gasteiger partial charge in [-0.1, -0.05) is 31.5 Å². The van der Waals surface area contributed by atoms with Crippen molar-refractivity contribution in [2.45, 2.75) is 51.5 Å². The number of nitrogens with one attached hydrogen (secondary N) is 2. The Labute approximate surface area is 207 Å². The standard InChI is InChI=1S/C28H34N4O3/c1-2-7-25(28(35)29-22-8-5-9-24(20-22)31-17-3-4-18-31)30-26(33)16-13-21-11-14-23(15-12-21)32-19-6-10-27(32)34/h5,8-9,11-16,20,25H,2-4,6-7,10,17-19H2,1H3,(H,29,35)(H,30,33). The quantitative estimate of drug-likeness (QED) is 0.530. The van der Waals surface area contributed by atoms with Crippen LogP contribution in [0.1, 0.15) is 51.0 Å². The molecule has 2 heterocycles. The van der Waals surface area contributed by atoms with Gasteiger partial charge in [-0.15, -0.1) is 0 Å². The summed E-state index contributed by atoms with van der Waals surface area (Å²) in [7, 11) is 0. The van der Waals surface area contributed by atoms with Crippen LogP contribution >= 0.6 is 0 Å². The van der Waals surface area contributed by atoms with Crippen molar-refractivity contribution in [3.63, 3.8) is 0 Å². The molecule has 0 aliphatic carbocycles. The maximum Gasteiger partial charge on any atom is 0.246 e. The van der Waals surface area contributed by atoms with Crippen LogP contribution in [0.4, 0.5) is 17.1 Å². The number of carbonyl (C=O) groups excluding carboxylic acids is 3. The van der Waals surface area contributed by atoms with Crippen molar-refractivity contribution in [2.24, 2.45) is 0 Å². The highest BCUT2D eigenvalue weighted by molar-refractivity contribution is 6.00. The molecule has 35 heavy (non-hydrogen) atoms. The minimum absolute atomic E-state index is 0.149. The number of benzene rings is 2. The molecule has 1 atom stereocenters. The summed E-state index contributed by atoms with van der Waals surface area (Å²) in [5.74, 6) is -0.384. The van der Waals surface area contributed by atoms with Crippen molar-refractivity contribution < 1.29 is 14.4 Å². The first-order valence-electron chi connectivity index (χ1n) is 12.6. The van der Waals surface area contributed by atoms with E-state index >= 15 is 0 Å². The van der Waals surface area contributed by atoms with E-state index in [1.54, 1.807) is 11.0 Å². The van der Waals surface area contributed by atoms with Gasteiger partial charge in [0.15, 0.2) is 0 Å². The van der Waals surface area contributed by atoms with Crippen LogP contribution in [0.15, 0.2) is 54.6 Å². The summed E-state index contributed by atoms with van der Waals surface area (Å²) >= 11 is 0. The third kappa shape index (κ3) is 6.50. The monoisotopic (exact) mass is 474 g/mol. The van der Waals surface area contributed by atoms with Crippen LogP contribution in [-0.4, -0.2) is 43.4 Å². The van der Waals surface area contributed by atoms with Crippen LogP contribution in [-0.2, 0) is 14.4 Å². The summed E-state index contributed by atoms with van der Waals surface area (Å²) in [6.07, 6.45) is 8.34. The van der Waals surface area contributed by atoms with Gasteiger partial charge < -0.3 is 20.4 Å². The number of hydrogen-bond acceptors (Lipinski definition) is 4. The van der Waals surface area contributed by atoms with E-state index in [1.165, 1.54) is 18.9 Å². The Morgan fingerprint density at radius 3 is 2.46 bits per heavy atom. The van der Waals surface area contributed by atoms with Gasteiger partial charge in [-0.2, -0.15) is 0 Å². The molecule has 2 fully saturated rings. The highest BCUT2D eigenvalue weighted by Gasteiger charge is 2.22. The molecule has 0 spiro atoms. The molecule has 3 amide bonds. The van der Waals surface area contributed by atoms with Crippen LogP contribution < -0.4 is 20.4 Å². The van der Waals surface area contributed by atoms with E-state index in [0.717, 1.165) is 55.1 Å². The molecule has 2 aromatic rings. The van der Waals surface area contributed by atoms with Crippen LogP contribution in [0.5, 0.6) is 0 Å². The van der Waals surface area contributed by atoms with Gasteiger partial charge >= 0.3 is 0 Å². The van der Waals surface area contributed by atoms with E-state index in [-0.39, 0.29) is 17.7 Å². The number of rotatable bonds is 9. The van der Waals surface area contributed by atoms with Crippen LogP contribution in [0.3, 0.4) is 0 Å². The summed E-state index contributed by atoms with van der Waals surface area (Å²) < 4.78 is 0. The maximum atomic E-state index is 12.9. The van der Waals surface area contributed by atoms with Crippen LogP contribution in [0.2, 0.25) is 0 Å². The molecule has 0 bridgehead atoms. The summed E-state index contributed by atoms with van der Waals surface area (Å²) in [4.78, 5) is 41.5. The number of carbonyl (C=O) groups is 3. The summed E-state index contributed by atoms with van der Waals surface area (Å²) in [5.41, 5.74) is 3.58. The van der Waals surface area contributed by atoms with Gasteiger partial charge in [0.2, 0.25) is 17.7 Å². The lowest BCUT2D eigenvalue weighted by molar-refractivity contribution is -0.123. The number of amides is 3. The fraction of sp³-hybridized carbons (Fsp3) is 0.393. The molecule has 184 valence electrons. The van der Waals surface area contributed by atoms with Crippen molar-refractivity contribution in [3.05, 3.63) is 60.2 Å². The first-order valence-corrected chi connectivity index (χ1v) is 12.6. The highest BCUT2D eigenvalue weighted by Crippen LogP contribution is 2.24. The van der Waals surface area contributed by atoms with Gasteiger partial charge in [0, 0.05) is 49.2 Å². The van der Waals surface area contributed by atoms with Crippen molar-refractivity contribution in [1.82, 2.24) is 5.32 Å². The molecule has 2 aliphatic rings. The fourth-order valence-electron chi connectivity index (χ4n) is 4.62. The molecule has 2 saturated heterocycles. The van der Waals surface area contributed by atoms with Crippen molar-refractivity contribution in [1.29, 1.82) is 0 Å². The van der Waals surface area contributed by atoms with Crippen LogP contribution in [0, 0.1) is 0 Å². The first kappa shape index (κ1) is 24.5. The zero-order valence-electron chi connectivity index (χ0n) is 20.3. The molecule has 2 aromatic carbocycles. The average molecular weight is 475 g/mol. The normalized spacial score (nSPS) is 16.7. The number of nitrogens with zero attached hydrogens (tertiary/aromatic N) is 2. The minimum atomic E-state index is -0.615. The summed E-state index contributed by atoms with van der Waals surface area (Å²) in [6, 6.07) is 14.8. The first-order chi connectivity index (χ1) is 17.0. The van der Waals surface area contributed by atoms with E-state index in [2.05, 4.69) is 21.6 Å².